The molecule has 0 unspecified atom stereocenters. The fourth-order valence-corrected chi connectivity index (χ4v) is 1.69. The Bertz CT molecular complexity index is 675. The molecule has 0 bridgehead atoms. The molecule has 0 saturated carbocycles. The van der Waals surface area contributed by atoms with E-state index in [1.165, 1.54) is 4.52 Å². The van der Waals surface area contributed by atoms with Gasteiger partial charge in [0.2, 0.25) is 5.65 Å². The summed E-state index contributed by atoms with van der Waals surface area (Å²) in [5.41, 5.74) is 2.47. The van der Waals surface area contributed by atoms with Gasteiger partial charge in [-0.2, -0.15) is 8.91 Å². The maximum Gasteiger partial charge on any atom is 0.260 e. The fourth-order valence-electron chi connectivity index (χ4n) is 1.69. The van der Waals surface area contributed by atoms with Crippen molar-refractivity contribution in [2.75, 3.05) is 0 Å². The minimum absolute atomic E-state index is 0.0563. The van der Waals surface area contributed by atoms with E-state index in [0.29, 0.717) is 5.52 Å². The Hall–Kier alpha value is -2.11. The van der Waals surface area contributed by atoms with E-state index in [1.807, 2.05) is 12.1 Å². The first-order valence-corrected chi connectivity index (χ1v) is 4.96. The minimum atomic E-state index is -0.651. The summed E-state index contributed by atoms with van der Waals surface area (Å²) in [6, 6.07) is 5.62. The molecule has 0 spiro atoms. The van der Waals surface area contributed by atoms with Crippen LogP contribution in [0.3, 0.4) is 0 Å². The number of halogens is 1. The molecule has 0 radical (unpaired) electrons. The van der Waals surface area contributed by atoms with Gasteiger partial charge in [-0.05, 0) is 34.5 Å². The second kappa shape index (κ2) is 3.19. The first-order valence-electron chi connectivity index (χ1n) is 4.96. The molecule has 2 aromatic heterocycles. The molecule has 3 aromatic rings. The number of nitrogens with zero attached hydrogens (tertiary/aromatic N) is 5. The molecule has 0 atom stereocenters. The molecule has 0 fully saturated rings. The van der Waals surface area contributed by atoms with Gasteiger partial charge in [-0.25, -0.2) is 4.98 Å². The van der Waals surface area contributed by atoms with Crippen molar-refractivity contribution < 1.29 is 4.39 Å². The van der Waals surface area contributed by atoms with Crippen LogP contribution in [0.1, 0.15) is 12.5 Å². The molecule has 3 rings (SSSR count). The van der Waals surface area contributed by atoms with E-state index in [0.717, 1.165) is 17.5 Å². The predicted molar refractivity (Wildman–Crippen MR) is 55.4 cm³/mol. The second-order valence-electron chi connectivity index (χ2n) is 3.49. The van der Waals surface area contributed by atoms with Gasteiger partial charge in [0, 0.05) is 0 Å². The lowest BCUT2D eigenvalue weighted by Crippen LogP contribution is -1.98. The SMILES string of the molecule is CCc1ccc2nc(F)c3nnnn3c2c1. The summed E-state index contributed by atoms with van der Waals surface area (Å²) in [5.74, 6) is -0.651. The highest BCUT2D eigenvalue weighted by Crippen LogP contribution is 2.16. The number of aryl methyl sites for hydroxylation is 1. The molecule has 2 heterocycles. The van der Waals surface area contributed by atoms with Crippen molar-refractivity contribution in [1.82, 2.24) is 25.0 Å². The molecule has 0 aliphatic carbocycles. The lowest BCUT2D eigenvalue weighted by molar-refractivity contribution is 0.590. The van der Waals surface area contributed by atoms with Gasteiger partial charge in [0.05, 0.1) is 11.0 Å². The van der Waals surface area contributed by atoms with Crippen molar-refractivity contribution in [2.24, 2.45) is 0 Å². The van der Waals surface area contributed by atoms with Crippen LogP contribution >= 0.6 is 0 Å². The molecule has 16 heavy (non-hydrogen) atoms. The first kappa shape index (κ1) is 9.14. The Labute approximate surface area is 89.9 Å². The molecule has 0 saturated heterocycles. The van der Waals surface area contributed by atoms with Gasteiger partial charge in [-0.3, -0.25) is 0 Å². The largest absolute Gasteiger partial charge is 0.260 e. The Morgan fingerprint density at radius 1 is 1.38 bits per heavy atom. The van der Waals surface area contributed by atoms with E-state index in [-0.39, 0.29) is 5.65 Å². The predicted octanol–water partition coefficient (Wildman–Crippen LogP) is 1.37. The smallest absolute Gasteiger partial charge is 0.215 e. The molecule has 6 heteroatoms. The van der Waals surface area contributed by atoms with Crippen LogP contribution in [0.2, 0.25) is 0 Å². The van der Waals surface area contributed by atoms with Crippen LogP contribution in [-0.2, 0) is 6.42 Å². The zero-order valence-corrected chi connectivity index (χ0v) is 8.55. The fraction of sp³-hybridized carbons (Fsp3) is 0.200. The summed E-state index contributed by atoms with van der Waals surface area (Å²) in [6.07, 6.45) is 0.900. The van der Waals surface area contributed by atoms with Gasteiger partial charge in [0.1, 0.15) is 0 Å². The monoisotopic (exact) mass is 217 g/mol. The molecule has 0 aliphatic rings. The van der Waals surface area contributed by atoms with Crippen LogP contribution < -0.4 is 0 Å². The lowest BCUT2D eigenvalue weighted by atomic mass is 10.1. The average molecular weight is 217 g/mol. The Kier molecular flexibility index (Phi) is 1.82. The number of tetrazole rings is 1. The van der Waals surface area contributed by atoms with Gasteiger partial charge in [-0.1, -0.05) is 13.0 Å². The summed E-state index contributed by atoms with van der Waals surface area (Å²) >= 11 is 0. The Balaban J connectivity index is 2.50. The molecule has 0 amide bonds. The number of aromatic nitrogens is 5. The van der Waals surface area contributed by atoms with Crippen LogP contribution in [0.5, 0.6) is 0 Å². The third-order valence-corrected chi connectivity index (χ3v) is 2.55. The number of fused-ring (bicyclic) bond motifs is 3. The highest BCUT2D eigenvalue weighted by atomic mass is 19.1. The highest BCUT2D eigenvalue weighted by Gasteiger charge is 2.10. The highest BCUT2D eigenvalue weighted by molar-refractivity contribution is 5.77. The quantitative estimate of drug-likeness (QED) is 0.617. The van der Waals surface area contributed by atoms with E-state index in [4.69, 9.17) is 0 Å². The van der Waals surface area contributed by atoms with Crippen molar-refractivity contribution in [1.29, 1.82) is 0 Å². The summed E-state index contributed by atoms with van der Waals surface area (Å²) < 4.78 is 14.8. The van der Waals surface area contributed by atoms with Gasteiger partial charge in [0.15, 0.2) is 0 Å². The molecular formula is C10H8FN5. The van der Waals surface area contributed by atoms with Crippen LogP contribution in [0, 0.1) is 5.95 Å². The molecule has 0 aliphatic heterocycles. The topological polar surface area (TPSA) is 56.0 Å². The number of rotatable bonds is 1. The standard InChI is InChI=1S/C10H8FN5/c1-2-6-3-4-7-8(5-6)16-10(9(11)12-7)13-14-15-16/h3-5H,2H2,1H3. The number of hydrogen-bond donors (Lipinski definition) is 0. The second-order valence-corrected chi connectivity index (χ2v) is 3.49. The van der Waals surface area contributed by atoms with Crippen LogP contribution in [-0.4, -0.2) is 25.0 Å². The van der Waals surface area contributed by atoms with Gasteiger partial charge in [-0.15, -0.1) is 5.10 Å². The zero-order chi connectivity index (χ0) is 11.1. The Morgan fingerprint density at radius 2 is 2.25 bits per heavy atom. The number of benzene rings is 1. The Morgan fingerprint density at radius 3 is 3.06 bits per heavy atom. The summed E-state index contributed by atoms with van der Waals surface area (Å²) in [6.45, 7) is 2.05. The normalized spacial score (nSPS) is 11.4. The maximum absolute atomic E-state index is 13.5. The zero-order valence-electron chi connectivity index (χ0n) is 8.55. The third-order valence-electron chi connectivity index (χ3n) is 2.55. The molecule has 5 nitrogen and oxygen atoms in total. The number of hydrogen-bond acceptors (Lipinski definition) is 4. The lowest BCUT2D eigenvalue weighted by Gasteiger charge is -2.02. The van der Waals surface area contributed by atoms with Crippen molar-refractivity contribution >= 4 is 16.7 Å². The van der Waals surface area contributed by atoms with E-state index >= 15 is 0 Å². The van der Waals surface area contributed by atoms with Crippen molar-refractivity contribution in [3.05, 3.63) is 29.7 Å². The minimum Gasteiger partial charge on any atom is -0.215 e. The van der Waals surface area contributed by atoms with Crippen molar-refractivity contribution in [2.45, 2.75) is 13.3 Å². The van der Waals surface area contributed by atoms with Crippen molar-refractivity contribution in [3.8, 4) is 0 Å². The van der Waals surface area contributed by atoms with E-state index < -0.39 is 5.95 Å². The molecule has 0 N–H and O–H groups in total. The summed E-state index contributed by atoms with van der Waals surface area (Å²) in [5, 5.41) is 10.8. The van der Waals surface area contributed by atoms with Crippen molar-refractivity contribution in [3.63, 3.8) is 0 Å². The summed E-state index contributed by atoms with van der Waals surface area (Å²) in [4.78, 5) is 3.82. The van der Waals surface area contributed by atoms with E-state index in [9.17, 15) is 4.39 Å². The molecule has 80 valence electrons. The molecular weight excluding hydrogens is 209 g/mol. The van der Waals surface area contributed by atoms with E-state index in [1.54, 1.807) is 6.07 Å². The van der Waals surface area contributed by atoms with E-state index in [2.05, 4.69) is 27.4 Å². The maximum atomic E-state index is 13.5. The van der Waals surface area contributed by atoms with Gasteiger partial charge >= 0.3 is 0 Å². The molecule has 1 aromatic carbocycles. The summed E-state index contributed by atoms with van der Waals surface area (Å²) in [7, 11) is 0. The van der Waals surface area contributed by atoms with Gasteiger partial charge < -0.3 is 0 Å². The van der Waals surface area contributed by atoms with Gasteiger partial charge in [0.25, 0.3) is 5.95 Å². The van der Waals surface area contributed by atoms with Crippen LogP contribution in [0.4, 0.5) is 4.39 Å². The van der Waals surface area contributed by atoms with Crippen LogP contribution in [0.25, 0.3) is 16.7 Å². The first-order chi connectivity index (χ1) is 7.79. The average Bonchev–Trinajstić information content (AvgIpc) is 2.78. The third kappa shape index (κ3) is 1.16. The van der Waals surface area contributed by atoms with Crippen LogP contribution in [0.15, 0.2) is 18.2 Å².